The summed E-state index contributed by atoms with van der Waals surface area (Å²) in [4.78, 5) is 13.9. The van der Waals surface area contributed by atoms with Gasteiger partial charge < -0.3 is 14.7 Å². The lowest BCUT2D eigenvalue weighted by molar-refractivity contribution is -0.127. The Kier molecular flexibility index (Phi) is 4.82. The fourth-order valence-corrected chi connectivity index (χ4v) is 2.21. The second kappa shape index (κ2) is 6.59. The van der Waals surface area contributed by atoms with Crippen LogP contribution in [0.25, 0.3) is 6.08 Å². The van der Waals surface area contributed by atoms with Crippen molar-refractivity contribution in [3.8, 4) is 5.75 Å². The Morgan fingerprint density at radius 1 is 1.55 bits per heavy atom. The van der Waals surface area contributed by atoms with E-state index in [2.05, 4.69) is 6.58 Å². The summed E-state index contributed by atoms with van der Waals surface area (Å²) in [6.07, 6.45) is 3.41. The topological polar surface area (TPSA) is 49.8 Å². The van der Waals surface area contributed by atoms with Gasteiger partial charge in [-0.25, -0.2) is 0 Å². The van der Waals surface area contributed by atoms with Gasteiger partial charge in [0.25, 0.3) is 5.91 Å². The van der Waals surface area contributed by atoms with E-state index in [1.54, 1.807) is 30.4 Å². The van der Waals surface area contributed by atoms with E-state index in [0.717, 1.165) is 5.56 Å². The highest BCUT2D eigenvalue weighted by atomic mass is 35.5. The molecule has 5 heteroatoms. The van der Waals surface area contributed by atoms with E-state index in [-0.39, 0.29) is 25.7 Å². The molecule has 2 rings (SSSR count). The monoisotopic (exact) mass is 293 g/mol. The number of nitrogens with zero attached hydrogens (tertiary/aromatic N) is 1. The molecule has 0 spiro atoms. The maximum absolute atomic E-state index is 12.4. The van der Waals surface area contributed by atoms with Crippen molar-refractivity contribution >= 4 is 23.6 Å². The largest absolute Gasteiger partial charge is 0.488 e. The number of fused-ring (bicyclic) bond motifs is 1. The summed E-state index contributed by atoms with van der Waals surface area (Å²) in [6, 6.07) is 5.29. The number of ether oxygens (including phenoxy) is 1. The molecular formula is C15H16ClNO3. The molecule has 0 atom stereocenters. The molecule has 0 saturated carbocycles. The fourth-order valence-electron chi connectivity index (χ4n) is 2.03. The SMILES string of the molecule is C=CCN(CCO)C(=O)C1=Cc2cc(Cl)ccc2OC1. The van der Waals surface area contributed by atoms with E-state index in [1.807, 2.05) is 0 Å². The maximum atomic E-state index is 12.4. The molecule has 0 fully saturated rings. The Bertz CT molecular complexity index is 554. The van der Waals surface area contributed by atoms with Crippen molar-refractivity contribution < 1.29 is 14.6 Å². The molecule has 106 valence electrons. The number of carbonyl (C=O) groups excluding carboxylic acids is 1. The van der Waals surface area contributed by atoms with Crippen molar-refractivity contribution in [3.05, 3.63) is 47.0 Å². The van der Waals surface area contributed by atoms with Crippen LogP contribution in [-0.2, 0) is 4.79 Å². The zero-order chi connectivity index (χ0) is 14.5. The van der Waals surface area contributed by atoms with Crippen LogP contribution in [0.3, 0.4) is 0 Å². The van der Waals surface area contributed by atoms with Crippen LogP contribution in [0.15, 0.2) is 36.4 Å². The van der Waals surface area contributed by atoms with Crippen molar-refractivity contribution in [2.24, 2.45) is 0 Å². The van der Waals surface area contributed by atoms with E-state index >= 15 is 0 Å². The zero-order valence-electron chi connectivity index (χ0n) is 11.0. The first-order valence-electron chi connectivity index (χ1n) is 6.29. The smallest absolute Gasteiger partial charge is 0.253 e. The first kappa shape index (κ1) is 14.6. The van der Waals surface area contributed by atoms with E-state index in [9.17, 15) is 4.79 Å². The van der Waals surface area contributed by atoms with Crippen LogP contribution in [0.4, 0.5) is 0 Å². The number of halogens is 1. The molecule has 1 aliphatic heterocycles. The van der Waals surface area contributed by atoms with Gasteiger partial charge in [-0.3, -0.25) is 4.79 Å². The Hall–Kier alpha value is -1.78. The third-order valence-electron chi connectivity index (χ3n) is 2.97. The average Bonchev–Trinajstić information content (AvgIpc) is 2.45. The summed E-state index contributed by atoms with van der Waals surface area (Å²) in [5.74, 6) is 0.549. The standard InChI is InChI=1S/C15H16ClNO3/c1-2-5-17(6-7-18)15(19)12-8-11-9-13(16)3-4-14(11)20-10-12/h2-4,8-9,18H,1,5-7,10H2. The van der Waals surface area contributed by atoms with Gasteiger partial charge in [0.1, 0.15) is 12.4 Å². The molecule has 4 nitrogen and oxygen atoms in total. The fraction of sp³-hybridized carbons (Fsp3) is 0.267. The van der Waals surface area contributed by atoms with Crippen molar-refractivity contribution in [3.63, 3.8) is 0 Å². The third-order valence-corrected chi connectivity index (χ3v) is 3.20. The number of carbonyl (C=O) groups is 1. The zero-order valence-corrected chi connectivity index (χ0v) is 11.8. The number of hydrogen-bond acceptors (Lipinski definition) is 3. The van der Waals surface area contributed by atoms with Crippen LogP contribution < -0.4 is 4.74 Å². The molecular weight excluding hydrogens is 278 g/mol. The summed E-state index contributed by atoms with van der Waals surface area (Å²) in [5, 5.41) is 9.60. The summed E-state index contributed by atoms with van der Waals surface area (Å²) in [7, 11) is 0. The lowest BCUT2D eigenvalue weighted by Gasteiger charge is -2.24. The molecule has 0 aromatic heterocycles. The second-order valence-corrected chi connectivity index (χ2v) is 4.84. The predicted octanol–water partition coefficient (Wildman–Crippen LogP) is 2.12. The quantitative estimate of drug-likeness (QED) is 0.846. The van der Waals surface area contributed by atoms with Crippen molar-refractivity contribution in [2.45, 2.75) is 0 Å². The molecule has 1 aromatic rings. The molecule has 0 bridgehead atoms. The van der Waals surface area contributed by atoms with Crippen LogP contribution in [0.5, 0.6) is 5.75 Å². The minimum absolute atomic E-state index is 0.0872. The summed E-state index contributed by atoms with van der Waals surface area (Å²) >= 11 is 5.94. The molecule has 1 aromatic carbocycles. The summed E-state index contributed by atoms with van der Waals surface area (Å²) in [5.41, 5.74) is 1.32. The van der Waals surface area contributed by atoms with Gasteiger partial charge in [-0.1, -0.05) is 17.7 Å². The van der Waals surface area contributed by atoms with Crippen LogP contribution >= 0.6 is 11.6 Å². The summed E-state index contributed by atoms with van der Waals surface area (Å²) < 4.78 is 5.56. The number of aliphatic hydroxyl groups is 1. The summed E-state index contributed by atoms with van der Waals surface area (Å²) in [6.45, 7) is 4.40. The highest BCUT2D eigenvalue weighted by molar-refractivity contribution is 6.30. The highest BCUT2D eigenvalue weighted by Crippen LogP contribution is 2.29. The van der Waals surface area contributed by atoms with E-state index in [4.69, 9.17) is 21.4 Å². The minimum Gasteiger partial charge on any atom is -0.488 e. The van der Waals surface area contributed by atoms with Crippen LogP contribution in [0, 0.1) is 0 Å². The molecule has 0 unspecified atom stereocenters. The van der Waals surface area contributed by atoms with E-state index in [0.29, 0.717) is 22.9 Å². The Morgan fingerprint density at radius 3 is 3.05 bits per heavy atom. The van der Waals surface area contributed by atoms with Crippen LogP contribution in [-0.4, -0.2) is 42.2 Å². The molecule has 1 N–H and O–H groups in total. The van der Waals surface area contributed by atoms with E-state index in [1.165, 1.54) is 4.90 Å². The Labute approximate surface area is 122 Å². The van der Waals surface area contributed by atoms with Crippen LogP contribution in [0.2, 0.25) is 5.02 Å². The number of hydrogen-bond donors (Lipinski definition) is 1. The first-order valence-corrected chi connectivity index (χ1v) is 6.67. The number of aliphatic hydroxyl groups excluding tert-OH is 1. The lowest BCUT2D eigenvalue weighted by Crippen LogP contribution is -2.36. The molecule has 1 aliphatic rings. The Balaban J connectivity index is 2.24. The van der Waals surface area contributed by atoms with Gasteiger partial charge in [0.05, 0.1) is 12.2 Å². The van der Waals surface area contributed by atoms with Crippen molar-refractivity contribution in [2.75, 3.05) is 26.3 Å². The number of amides is 1. The van der Waals surface area contributed by atoms with Gasteiger partial charge in [0, 0.05) is 23.7 Å². The van der Waals surface area contributed by atoms with Crippen LogP contribution in [0.1, 0.15) is 5.56 Å². The van der Waals surface area contributed by atoms with E-state index < -0.39 is 0 Å². The molecule has 1 amide bonds. The van der Waals surface area contributed by atoms with Crippen molar-refractivity contribution in [1.82, 2.24) is 4.90 Å². The van der Waals surface area contributed by atoms with Gasteiger partial charge in [-0.05, 0) is 24.3 Å². The van der Waals surface area contributed by atoms with Gasteiger partial charge in [0.15, 0.2) is 0 Å². The lowest BCUT2D eigenvalue weighted by atomic mass is 10.1. The molecule has 0 aliphatic carbocycles. The average molecular weight is 294 g/mol. The third kappa shape index (κ3) is 3.21. The molecule has 0 radical (unpaired) electrons. The van der Waals surface area contributed by atoms with Gasteiger partial charge in [-0.15, -0.1) is 6.58 Å². The molecule has 1 heterocycles. The number of rotatable bonds is 5. The van der Waals surface area contributed by atoms with Gasteiger partial charge in [-0.2, -0.15) is 0 Å². The molecule has 0 saturated heterocycles. The minimum atomic E-state index is -0.162. The normalized spacial score (nSPS) is 13.0. The highest BCUT2D eigenvalue weighted by Gasteiger charge is 2.21. The second-order valence-electron chi connectivity index (χ2n) is 4.40. The first-order chi connectivity index (χ1) is 9.65. The molecule has 20 heavy (non-hydrogen) atoms. The van der Waals surface area contributed by atoms with Crippen molar-refractivity contribution in [1.29, 1.82) is 0 Å². The maximum Gasteiger partial charge on any atom is 0.253 e. The number of benzene rings is 1. The predicted molar refractivity (Wildman–Crippen MR) is 78.8 cm³/mol. The van der Waals surface area contributed by atoms with Gasteiger partial charge in [0.2, 0.25) is 0 Å². The Morgan fingerprint density at radius 2 is 2.35 bits per heavy atom. The van der Waals surface area contributed by atoms with Gasteiger partial charge >= 0.3 is 0 Å².